The van der Waals surface area contributed by atoms with Gasteiger partial charge in [0.1, 0.15) is 0 Å². The molecule has 3 aromatic rings. The van der Waals surface area contributed by atoms with E-state index in [9.17, 15) is 0 Å². The monoisotopic (exact) mass is 362 g/mol. The fraction of sp³-hybridized carbons (Fsp3) is 0.0625. The predicted octanol–water partition coefficient (Wildman–Crippen LogP) is 5.32. The van der Waals surface area contributed by atoms with Crippen LogP contribution in [0.2, 0.25) is 5.02 Å². The fourth-order valence-corrected chi connectivity index (χ4v) is 2.65. The zero-order valence-electron chi connectivity index (χ0n) is 11.2. The molecule has 0 spiro atoms. The Labute approximate surface area is 135 Å². The van der Waals surface area contributed by atoms with Gasteiger partial charge in [0.15, 0.2) is 11.6 Å². The van der Waals surface area contributed by atoms with Crippen LogP contribution < -0.4 is 5.73 Å². The third kappa shape index (κ3) is 2.69. The number of hydrogen-bond acceptors (Lipinski definition) is 3. The zero-order chi connectivity index (χ0) is 15.0. The van der Waals surface area contributed by atoms with Gasteiger partial charge in [0.2, 0.25) is 0 Å². The minimum atomic E-state index is 0.354. The van der Waals surface area contributed by atoms with Gasteiger partial charge in [-0.2, -0.15) is 0 Å². The number of hydrogen-bond donors (Lipinski definition) is 1. The Morgan fingerprint density at radius 1 is 1.14 bits per heavy atom. The van der Waals surface area contributed by atoms with Crippen LogP contribution in [0.5, 0.6) is 0 Å². The second-order valence-electron chi connectivity index (χ2n) is 4.75. The molecule has 0 atom stereocenters. The number of halogens is 2. The van der Waals surface area contributed by atoms with Gasteiger partial charge in [0.05, 0.1) is 5.56 Å². The fourth-order valence-electron chi connectivity index (χ4n) is 2.21. The summed E-state index contributed by atoms with van der Waals surface area (Å²) in [4.78, 5) is 0. The molecule has 106 valence electrons. The van der Waals surface area contributed by atoms with Crippen LogP contribution in [-0.2, 0) is 0 Å². The van der Waals surface area contributed by atoms with Gasteiger partial charge in [-0.3, -0.25) is 0 Å². The largest absolute Gasteiger partial charge is 0.380 e. The van der Waals surface area contributed by atoms with E-state index in [0.717, 1.165) is 26.7 Å². The smallest absolute Gasteiger partial charge is 0.176 e. The van der Waals surface area contributed by atoms with Crippen molar-refractivity contribution in [1.29, 1.82) is 0 Å². The van der Waals surface area contributed by atoms with E-state index in [2.05, 4.69) is 21.1 Å². The van der Waals surface area contributed by atoms with Gasteiger partial charge >= 0.3 is 0 Å². The summed E-state index contributed by atoms with van der Waals surface area (Å²) in [5, 5.41) is 4.54. The van der Waals surface area contributed by atoms with Crippen LogP contribution in [-0.4, -0.2) is 5.16 Å². The summed E-state index contributed by atoms with van der Waals surface area (Å²) in [5.74, 6) is 0.998. The lowest BCUT2D eigenvalue weighted by Crippen LogP contribution is -1.89. The van der Waals surface area contributed by atoms with Crippen LogP contribution >= 0.6 is 27.5 Å². The molecule has 0 aliphatic carbocycles. The first-order valence-electron chi connectivity index (χ1n) is 6.34. The number of nitrogens with two attached hydrogens (primary N) is 1. The molecule has 1 heterocycles. The molecule has 1 aromatic heterocycles. The normalized spacial score (nSPS) is 10.8. The molecule has 0 unspecified atom stereocenters. The van der Waals surface area contributed by atoms with Crippen molar-refractivity contribution in [3.05, 3.63) is 57.5 Å². The minimum absolute atomic E-state index is 0.354. The molecular formula is C16H12BrClN2O. The lowest BCUT2D eigenvalue weighted by Gasteiger charge is -2.05. The maximum absolute atomic E-state index is 6.06. The second kappa shape index (κ2) is 5.54. The highest BCUT2D eigenvalue weighted by molar-refractivity contribution is 9.10. The number of nitrogen functional groups attached to an aromatic ring is 1. The first kappa shape index (κ1) is 14.2. The molecule has 0 aliphatic rings. The standard InChI is InChI=1S/C16H12BrClN2O/c1-9-7-11(5-6-13(9)17)15-14(16(19)20-21-15)10-3-2-4-12(18)8-10/h2-8H,1H3,(H2,19,20). The molecule has 0 bridgehead atoms. The third-order valence-electron chi connectivity index (χ3n) is 3.25. The quantitative estimate of drug-likeness (QED) is 0.671. The van der Waals surface area contributed by atoms with E-state index in [1.54, 1.807) is 0 Å². The average molecular weight is 364 g/mol. The van der Waals surface area contributed by atoms with E-state index < -0.39 is 0 Å². The van der Waals surface area contributed by atoms with Gasteiger partial charge in [-0.05, 0) is 48.4 Å². The number of rotatable bonds is 2. The van der Waals surface area contributed by atoms with Gasteiger partial charge in [-0.15, -0.1) is 0 Å². The summed E-state index contributed by atoms with van der Waals surface area (Å²) < 4.78 is 6.48. The Morgan fingerprint density at radius 2 is 1.95 bits per heavy atom. The van der Waals surface area contributed by atoms with Crippen molar-refractivity contribution in [2.45, 2.75) is 6.92 Å². The second-order valence-corrected chi connectivity index (χ2v) is 6.04. The molecule has 2 aromatic carbocycles. The van der Waals surface area contributed by atoms with Gasteiger partial charge in [-0.25, -0.2) is 0 Å². The summed E-state index contributed by atoms with van der Waals surface area (Å²) >= 11 is 9.55. The highest BCUT2D eigenvalue weighted by Crippen LogP contribution is 2.38. The molecule has 0 saturated heterocycles. The van der Waals surface area contributed by atoms with Crippen molar-refractivity contribution in [3.63, 3.8) is 0 Å². The minimum Gasteiger partial charge on any atom is -0.380 e. The third-order valence-corrected chi connectivity index (χ3v) is 4.38. The number of aryl methyl sites for hydroxylation is 1. The summed E-state index contributed by atoms with van der Waals surface area (Å²) in [5.41, 5.74) is 9.66. The lowest BCUT2D eigenvalue weighted by atomic mass is 10.0. The molecule has 0 fully saturated rings. The Hall–Kier alpha value is -1.78. The summed E-state index contributed by atoms with van der Waals surface area (Å²) in [6.07, 6.45) is 0. The molecular weight excluding hydrogens is 352 g/mol. The predicted molar refractivity (Wildman–Crippen MR) is 89.2 cm³/mol. The maximum Gasteiger partial charge on any atom is 0.176 e. The molecule has 21 heavy (non-hydrogen) atoms. The highest BCUT2D eigenvalue weighted by atomic mass is 79.9. The number of nitrogens with zero attached hydrogens (tertiary/aromatic N) is 1. The molecule has 0 amide bonds. The van der Waals surface area contributed by atoms with Gasteiger partial charge in [-0.1, -0.05) is 44.8 Å². The van der Waals surface area contributed by atoms with E-state index in [4.69, 9.17) is 21.9 Å². The summed E-state index contributed by atoms with van der Waals surface area (Å²) in [7, 11) is 0. The van der Waals surface area contributed by atoms with E-state index >= 15 is 0 Å². The topological polar surface area (TPSA) is 52.0 Å². The van der Waals surface area contributed by atoms with E-state index in [-0.39, 0.29) is 0 Å². The van der Waals surface area contributed by atoms with Crippen LogP contribution in [0.1, 0.15) is 5.56 Å². The summed E-state index contributed by atoms with van der Waals surface area (Å²) in [6.45, 7) is 2.02. The molecule has 5 heteroatoms. The Morgan fingerprint density at radius 3 is 2.67 bits per heavy atom. The molecule has 3 rings (SSSR count). The highest BCUT2D eigenvalue weighted by Gasteiger charge is 2.18. The lowest BCUT2D eigenvalue weighted by molar-refractivity contribution is 0.436. The van der Waals surface area contributed by atoms with Crippen LogP contribution in [0.25, 0.3) is 22.5 Å². The van der Waals surface area contributed by atoms with Crippen molar-refractivity contribution < 1.29 is 4.52 Å². The SMILES string of the molecule is Cc1cc(-c2onc(N)c2-c2cccc(Cl)c2)ccc1Br. The van der Waals surface area contributed by atoms with Crippen molar-refractivity contribution in [1.82, 2.24) is 5.16 Å². The number of aromatic nitrogens is 1. The number of anilines is 1. The Bertz CT molecular complexity index is 814. The molecule has 2 N–H and O–H groups in total. The van der Waals surface area contributed by atoms with Crippen LogP contribution in [0.15, 0.2) is 51.5 Å². The average Bonchev–Trinajstić information content (AvgIpc) is 2.84. The van der Waals surface area contributed by atoms with Gasteiger partial charge in [0.25, 0.3) is 0 Å². The van der Waals surface area contributed by atoms with E-state index in [0.29, 0.717) is 16.6 Å². The van der Waals surface area contributed by atoms with Gasteiger partial charge < -0.3 is 10.3 Å². The van der Waals surface area contributed by atoms with Crippen molar-refractivity contribution in [3.8, 4) is 22.5 Å². The number of benzene rings is 2. The van der Waals surface area contributed by atoms with Gasteiger partial charge in [0, 0.05) is 15.1 Å². The van der Waals surface area contributed by atoms with Crippen molar-refractivity contribution in [2.75, 3.05) is 5.73 Å². The first-order valence-corrected chi connectivity index (χ1v) is 7.51. The first-order chi connectivity index (χ1) is 10.1. The van der Waals surface area contributed by atoms with Crippen LogP contribution in [0.4, 0.5) is 5.82 Å². The molecule has 0 radical (unpaired) electrons. The molecule has 0 saturated carbocycles. The Kier molecular flexibility index (Phi) is 3.74. The Balaban J connectivity index is 2.19. The molecule has 0 aliphatic heterocycles. The maximum atomic E-state index is 6.06. The zero-order valence-corrected chi connectivity index (χ0v) is 13.6. The van der Waals surface area contributed by atoms with Crippen molar-refractivity contribution >= 4 is 33.3 Å². The van der Waals surface area contributed by atoms with E-state index in [1.807, 2.05) is 49.4 Å². The van der Waals surface area contributed by atoms with Crippen molar-refractivity contribution in [2.24, 2.45) is 0 Å². The van der Waals surface area contributed by atoms with Crippen LogP contribution in [0.3, 0.4) is 0 Å². The van der Waals surface area contributed by atoms with Crippen LogP contribution in [0, 0.1) is 6.92 Å². The molecule has 3 nitrogen and oxygen atoms in total. The summed E-state index contributed by atoms with van der Waals surface area (Å²) in [6, 6.07) is 13.4. The van der Waals surface area contributed by atoms with E-state index in [1.165, 1.54) is 0 Å².